The molecule has 0 radical (unpaired) electrons. The number of rotatable bonds is 3. The number of benzene rings is 1. The number of nitrogens with zero attached hydrogens (tertiary/aromatic N) is 4. The van der Waals surface area contributed by atoms with Crippen molar-refractivity contribution in [2.45, 2.75) is 38.1 Å². The second kappa shape index (κ2) is 6.14. The van der Waals surface area contributed by atoms with E-state index < -0.39 is 0 Å². The molecule has 120 valence electrons. The summed E-state index contributed by atoms with van der Waals surface area (Å²) in [4.78, 5) is 14.6. The maximum Gasteiger partial charge on any atom is 0.225 e. The first kappa shape index (κ1) is 14.4. The maximum atomic E-state index is 12.5. The number of aromatic nitrogens is 3. The van der Waals surface area contributed by atoms with Crippen LogP contribution in [0.25, 0.3) is 11.3 Å². The van der Waals surface area contributed by atoms with Crippen LogP contribution in [0.1, 0.15) is 38.1 Å². The maximum absolute atomic E-state index is 12.5. The van der Waals surface area contributed by atoms with Crippen molar-refractivity contribution in [3.8, 4) is 11.3 Å². The largest absolute Gasteiger partial charge is 0.340 e. The molecule has 2 heterocycles. The normalized spacial score (nSPS) is 21.9. The molecule has 1 saturated carbocycles. The van der Waals surface area contributed by atoms with Gasteiger partial charge in [0.15, 0.2) is 0 Å². The van der Waals surface area contributed by atoms with Gasteiger partial charge in [-0.25, -0.2) is 4.68 Å². The predicted molar refractivity (Wildman–Crippen MR) is 87.7 cm³/mol. The minimum Gasteiger partial charge on any atom is -0.340 e. The highest BCUT2D eigenvalue weighted by molar-refractivity contribution is 5.79. The van der Waals surface area contributed by atoms with Crippen LogP contribution in [0, 0.1) is 5.92 Å². The molecular formula is C18H22N4O. The van der Waals surface area contributed by atoms with Crippen molar-refractivity contribution in [3.63, 3.8) is 0 Å². The molecule has 2 fully saturated rings. The highest BCUT2D eigenvalue weighted by Gasteiger charge is 2.33. The minimum atomic E-state index is 0.255. The van der Waals surface area contributed by atoms with E-state index in [0.29, 0.717) is 5.91 Å². The SMILES string of the molecule is O=C(C1CCCC1)N1CCC(n2cc(-c3ccccc3)nn2)C1. The molecule has 1 saturated heterocycles. The Kier molecular flexibility index (Phi) is 3.85. The zero-order chi connectivity index (χ0) is 15.6. The van der Waals surface area contributed by atoms with E-state index >= 15 is 0 Å². The summed E-state index contributed by atoms with van der Waals surface area (Å²) in [7, 11) is 0. The Labute approximate surface area is 136 Å². The van der Waals surface area contributed by atoms with Crippen LogP contribution < -0.4 is 0 Å². The van der Waals surface area contributed by atoms with Crippen LogP contribution >= 0.6 is 0 Å². The average Bonchev–Trinajstić information content (AvgIpc) is 3.35. The van der Waals surface area contributed by atoms with Crippen molar-refractivity contribution >= 4 is 5.91 Å². The third-order valence-electron chi connectivity index (χ3n) is 5.13. The second-order valence-corrected chi connectivity index (χ2v) is 6.66. The fourth-order valence-corrected chi connectivity index (χ4v) is 3.79. The summed E-state index contributed by atoms with van der Waals surface area (Å²) in [5.41, 5.74) is 1.97. The molecule has 4 rings (SSSR count). The van der Waals surface area contributed by atoms with Crippen LogP contribution in [0.3, 0.4) is 0 Å². The second-order valence-electron chi connectivity index (χ2n) is 6.66. The van der Waals surface area contributed by atoms with Gasteiger partial charge in [0.1, 0.15) is 5.69 Å². The smallest absolute Gasteiger partial charge is 0.225 e. The number of hydrogen-bond acceptors (Lipinski definition) is 3. The van der Waals surface area contributed by atoms with Crippen LogP contribution in [0.5, 0.6) is 0 Å². The van der Waals surface area contributed by atoms with Crippen LogP contribution in [0.15, 0.2) is 36.5 Å². The van der Waals surface area contributed by atoms with Crippen molar-refractivity contribution < 1.29 is 4.79 Å². The predicted octanol–water partition coefficient (Wildman–Crippen LogP) is 2.91. The summed E-state index contributed by atoms with van der Waals surface area (Å²) in [5, 5.41) is 8.58. The van der Waals surface area contributed by atoms with Crippen molar-refractivity contribution in [3.05, 3.63) is 36.5 Å². The molecule has 0 N–H and O–H groups in total. The molecule has 23 heavy (non-hydrogen) atoms. The first-order chi connectivity index (χ1) is 11.3. The quantitative estimate of drug-likeness (QED) is 0.876. The van der Waals surface area contributed by atoms with Gasteiger partial charge in [-0.1, -0.05) is 48.4 Å². The fourth-order valence-electron chi connectivity index (χ4n) is 3.79. The molecular weight excluding hydrogens is 288 g/mol. The molecule has 1 amide bonds. The Hall–Kier alpha value is -2.17. The molecule has 1 atom stereocenters. The lowest BCUT2D eigenvalue weighted by molar-refractivity contribution is -0.134. The van der Waals surface area contributed by atoms with E-state index in [0.717, 1.165) is 43.6 Å². The molecule has 2 aromatic rings. The zero-order valence-corrected chi connectivity index (χ0v) is 13.3. The van der Waals surface area contributed by atoms with E-state index in [1.807, 2.05) is 46.1 Å². The van der Waals surface area contributed by atoms with E-state index in [2.05, 4.69) is 10.3 Å². The van der Waals surface area contributed by atoms with Gasteiger partial charge in [0.25, 0.3) is 0 Å². The summed E-state index contributed by atoms with van der Waals surface area (Å²) in [6, 6.07) is 10.3. The van der Waals surface area contributed by atoms with E-state index in [1.54, 1.807) is 0 Å². The van der Waals surface area contributed by atoms with Crippen molar-refractivity contribution in [1.82, 2.24) is 19.9 Å². The van der Waals surface area contributed by atoms with Crippen LogP contribution in [0.2, 0.25) is 0 Å². The van der Waals surface area contributed by atoms with Crippen molar-refractivity contribution in [2.75, 3.05) is 13.1 Å². The first-order valence-electron chi connectivity index (χ1n) is 8.57. The summed E-state index contributed by atoms with van der Waals surface area (Å²) in [6.45, 7) is 1.62. The average molecular weight is 310 g/mol. The third kappa shape index (κ3) is 2.87. The Bertz CT molecular complexity index is 675. The molecule has 0 bridgehead atoms. The standard InChI is InChI=1S/C18H22N4O/c23-18(15-8-4-5-9-15)21-11-10-16(12-21)22-13-17(19-20-22)14-6-2-1-3-7-14/h1-3,6-7,13,15-16H,4-5,8-12H2. The summed E-state index contributed by atoms with van der Waals surface area (Å²) in [6.07, 6.45) is 7.52. The summed E-state index contributed by atoms with van der Waals surface area (Å²) >= 11 is 0. The third-order valence-corrected chi connectivity index (χ3v) is 5.13. The first-order valence-corrected chi connectivity index (χ1v) is 8.57. The van der Waals surface area contributed by atoms with Gasteiger partial charge >= 0.3 is 0 Å². The lowest BCUT2D eigenvalue weighted by atomic mass is 10.1. The molecule has 1 aromatic heterocycles. The van der Waals surface area contributed by atoms with E-state index in [9.17, 15) is 4.79 Å². The van der Waals surface area contributed by atoms with Gasteiger partial charge < -0.3 is 4.90 Å². The highest BCUT2D eigenvalue weighted by atomic mass is 16.2. The number of carbonyl (C=O) groups excluding carboxylic acids is 1. The van der Waals surface area contributed by atoms with Crippen molar-refractivity contribution in [1.29, 1.82) is 0 Å². The van der Waals surface area contributed by atoms with E-state index in [-0.39, 0.29) is 12.0 Å². The Balaban J connectivity index is 1.44. The summed E-state index contributed by atoms with van der Waals surface area (Å²) in [5.74, 6) is 0.623. The Morgan fingerprint density at radius 1 is 1.09 bits per heavy atom. The lowest BCUT2D eigenvalue weighted by Crippen LogP contribution is -2.33. The number of carbonyl (C=O) groups is 1. The van der Waals surface area contributed by atoms with Gasteiger partial charge in [0.2, 0.25) is 5.91 Å². The number of likely N-dealkylation sites (tertiary alicyclic amines) is 1. The zero-order valence-electron chi connectivity index (χ0n) is 13.3. The van der Waals surface area contributed by atoms with E-state index in [1.165, 1.54) is 12.8 Å². The monoisotopic (exact) mass is 310 g/mol. The number of hydrogen-bond donors (Lipinski definition) is 0. The van der Waals surface area contributed by atoms with Crippen molar-refractivity contribution in [2.24, 2.45) is 5.92 Å². The summed E-state index contributed by atoms with van der Waals surface area (Å²) < 4.78 is 1.93. The molecule has 2 aliphatic rings. The van der Waals surface area contributed by atoms with Gasteiger partial charge in [-0.3, -0.25) is 4.79 Å². The lowest BCUT2D eigenvalue weighted by Gasteiger charge is -2.20. The fraction of sp³-hybridized carbons (Fsp3) is 0.500. The molecule has 1 aromatic carbocycles. The van der Waals surface area contributed by atoms with Gasteiger partial charge in [-0.2, -0.15) is 0 Å². The van der Waals surface area contributed by atoms with Crippen LogP contribution in [-0.4, -0.2) is 38.9 Å². The minimum absolute atomic E-state index is 0.255. The highest BCUT2D eigenvalue weighted by Crippen LogP contribution is 2.30. The molecule has 5 heteroatoms. The topological polar surface area (TPSA) is 51.0 Å². The van der Waals surface area contributed by atoms with Gasteiger partial charge in [-0.15, -0.1) is 5.10 Å². The van der Waals surface area contributed by atoms with Crippen LogP contribution in [-0.2, 0) is 4.79 Å². The van der Waals surface area contributed by atoms with E-state index in [4.69, 9.17) is 0 Å². The van der Waals surface area contributed by atoms with Crippen LogP contribution in [0.4, 0.5) is 0 Å². The van der Waals surface area contributed by atoms with Gasteiger partial charge in [0.05, 0.1) is 12.2 Å². The molecule has 1 aliphatic heterocycles. The van der Waals surface area contributed by atoms with Gasteiger partial charge in [-0.05, 0) is 19.3 Å². The molecule has 1 unspecified atom stereocenters. The van der Waals surface area contributed by atoms with Gasteiger partial charge in [0, 0.05) is 24.6 Å². The number of amides is 1. The Morgan fingerprint density at radius 3 is 2.65 bits per heavy atom. The molecule has 0 spiro atoms. The molecule has 1 aliphatic carbocycles. The Morgan fingerprint density at radius 2 is 1.87 bits per heavy atom. The molecule has 5 nitrogen and oxygen atoms in total.